The highest BCUT2D eigenvalue weighted by Gasteiger charge is 2.23. The summed E-state index contributed by atoms with van der Waals surface area (Å²) >= 11 is 0. The fourth-order valence-corrected chi connectivity index (χ4v) is 3.37. The van der Waals surface area contributed by atoms with Crippen LogP contribution in [0.2, 0.25) is 0 Å². The van der Waals surface area contributed by atoms with Gasteiger partial charge in [-0.05, 0) is 42.9 Å². The molecule has 0 radical (unpaired) electrons. The van der Waals surface area contributed by atoms with Gasteiger partial charge in [0.2, 0.25) is 0 Å². The number of hydrogen-bond acceptors (Lipinski definition) is 3. The third kappa shape index (κ3) is 4.21. The Hall–Kier alpha value is -2.63. The van der Waals surface area contributed by atoms with Gasteiger partial charge in [-0.1, -0.05) is 18.2 Å². The minimum absolute atomic E-state index is 0.0276. The van der Waals surface area contributed by atoms with Gasteiger partial charge in [0.1, 0.15) is 5.75 Å². The molecule has 0 saturated heterocycles. The van der Waals surface area contributed by atoms with E-state index in [9.17, 15) is 13.6 Å². The quantitative estimate of drug-likeness (QED) is 0.810. The van der Waals surface area contributed by atoms with Crippen molar-refractivity contribution < 1.29 is 18.3 Å². The lowest BCUT2D eigenvalue weighted by Crippen LogP contribution is -2.30. The Morgan fingerprint density at radius 3 is 2.78 bits per heavy atom. The molecule has 0 unspecified atom stereocenters. The fourth-order valence-electron chi connectivity index (χ4n) is 3.37. The van der Waals surface area contributed by atoms with Gasteiger partial charge in [0.05, 0.1) is 0 Å². The van der Waals surface area contributed by atoms with Gasteiger partial charge < -0.3 is 15.0 Å². The van der Waals surface area contributed by atoms with Gasteiger partial charge in [-0.3, -0.25) is 4.79 Å². The number of nitrogens with one attached hydrogen (secondary N) is 1. The molecule has 1 saturated carbocycles. The molecule has 0 spiro atoms. The summed E-state index contributed by atoms with van der Waals surface area (Å²) in [6, 6.07) is 10.0. The van der Waals surface area contributed by atoms with Gasteiger partial charge in [0.25, 0.3) is 5.91 Å². The van der Waals surface area contributed by atoms with Crippen molar-refractivity contribution in [3.63, 3.8) is 0 Å². The molecule has 0 bridgehead atoms. The lowest BCUT2D eigenvalue weighted by Gasteiger charge is -2.21. The van der Waals surface area contributed by atoms with Crippen molar-refractivity contribution in [3.05, 3.63) is 59.2 Å². The number of rotatable bonds is 7. The number of fused-ring (bicyclic) bond motifs is 1. The van der Waals surface area contributed by atoms with Crippen molar-refractivity contribution in [2.75, 3.05) is 24.6 Å². The van der Waals surface area contributed by atoms with Crippen molar-refractivity contribution in [1.82, 2.24) is 5.32 Å². The predicted octanol–water partition coefficient (Wildman–Crippen LogP) is 3.43. The van der Waals surface area contributed by atoms with Crippen LogP contribution < -0.4 is 15.0 Å². The van der Waals surface area contributed by atoms with Crippen molar-refractivity contribution in [2.45, 2.75) is 25.8 Å². The van der Waals surface area contributed by atoms with E-state index in [1.54, 1.807) is 0 Å². The van der Waals surface area contributed by atoms with E-state index in [4.69, 9.17) is 4.74 Å². The second-order valence-electron chi connectivity index (χ2n) is 7.21. The molecule has 2 aromatic carbocycles. The van der Waals surface area contributed by atoms with Crippen LogP contribution in [0.3, 0.4) is 0 Å². The van der Waals surface area contributed by atoms with Crippen molar-refractivity contribution in [3.8, 4) is 5.75 Å². The van der Waals surface area contributed by atoms with E-state index in [0.29, 0.717) is 36.9 Å². The average molecular weight is 372 g/mol. The molecular weight excluding hydrogens is 350 g/mol. The van der Waals surface area contributed by atoms with Crippen LogP contribution in [-0.2, 0) is 17.8 Å². The number of para-hydroxylation sites is 1. The van der Waals surface area contributed by atoms with Gasteiger partial charge in [0.15, 0.2) is 18.2 Å². The maximum absolute atomic E-state index is 13.6. The van der Waals surface area contributed by atoms with Crippen LogP contribution in [0.25, 0.3) is 0 Å². The molecule has 4 rings (SSSR count). The maximum atomic E-state index is 13.6. The van der Waals surface area contributed by atoms with E-state index >= 15 is 0 Å². The van der Waals surface area contributed by atoms with Crippen molar-refractivity contribution in [2.24, 2.45) is 5.92 Å². The Labute approximate surface area is 157 Å². The summed E-state index contributed by atoms with van der Waals surface area (Å²) in [6.07, 6.45) is 3.05. The molecule has 6 heteroatoms. The van der Waals surface area contributed by atoms with Gasteiger partial charge in [-0.25, -0.2) is 8.78 Å². The number of amides is 1. The normalized spacial score (nSPS) is 15.6. The highest BCUT2D eigenvalue weighted by Crippen LogP contribution is 2.33. The Morgan fingerprint density at radius 2 is 1.96 bits per heavy atom. The molecule has 27 heavy (non-hydrogen) atoms. The lowest BCUT2D eigenvalue weighted by molar-refractivity contribution is -0.123. The molecule has 1 N–H and O–H groups in total. The minimum atomic E-state index is -0.836. The second-order valence-corrected chi connectivity index (χ2v) is 7.21. The highest BCUT2D eigenvalue weighted by molar-refractivity contribution is 5.77. The Bertz CT molecular complexity index is 852. The summed E-state index contributed by atoms with van der Waals surface area (Å²) < 4.78 is 32.8. The molecule has 2 aliphatic rings. The number of anilines is 1. The third-order valence-electron chi connectivity index (χ3n) is 5.09. The third-order valence-corrected chi connectivity index (χ3v) is 5.09. The molecule has 1 heterocycles. The highest BCUT2D eigenvalue weighted by atomic mass is 19.2. The number of ether oxygens (including phenoxy) is 1. The van der Waals surface area contributed by atoms with E-state index in [2.05, 4.69) is 5.32 Å². The minimum Gasteiger partial charge on any atom is -0.483 e. The molecule has 142 valence electrons. The van der Waals surface area contributed by atoms with E-state index < -0.39 is 11.6 Å². The first kappa shape index (κ1) is 17.8. The number of nitrogens with zero attached hydrogens (tertiary/aromatic N) is 1. The zero-order chi connectivity index (χ0) is 18.8. The summed E-state index contributed by atoms with van der Waals surface area (Å²) in [5.74, 6) is -0.508. The van der Waals surface area contributed by atoms with Gasteiger partial charge in [-0.2, -0.15) is 0 Å². The van der Waals surface area contributed by atoms with E-state index in [1.807, 2.05) is 29.2 Å². The topological polar surface area (TPSA) is 41.6 Å². The van der Waals surface area contributed by atoms with Crippen LogP contribution in [-0.4, -0.2) is 25.6 Å². The zero-order valence-electron chi connectivity index (χ0n) is 15.0. The first-order chi connectivity index (χ1) is 13.1. The molecule has 1 aliphatic carbocycles. The first-order valence-corrected chi connectivity index (χ1v) is 9.30. The molecule has 0 aromatic heterocycles. The van der Waals surface area contributed by atoms with E-state index in [0.717, 1.165) is 17.7 Å². The summed E-state index contributed by atoms with van der Waals surface area (Å²) in [7, 11) is 0. The molecule has 4 nitrogen and oxygen atoms in total. The lowest BCUT2D eigenvalue weighted by atomic mass is 10.1. The van der Waals surface area contributed by atoms with Gasteiger partial charge >= 0.3 is 0 Å². The fraction of sp³-hybridized carbons (Fsp3) is 0.381. The number of hydrogen-bond donors (Lipinski definition) is 1. The Balaban J connectivity index is 1.41. The number of halogens is 2. The Morgan fingerprint density at radius 1 is 1.19 bits per heavy atom. The van der Waals surface area contributed by atoms with Crippen LogP contribution in [0.4, 0.5) is 14.5 Å². The van der Waals surface area contributed by atoms with Crippen molar-refractivity contribution >= 4 is 11.6 Å². The predicted molar refractivity (Wildman–Crippen MR) is 98.8 cm³/mol. The largest absolute Gasteiger partial charge is 0.483 e. The SMILES string of the molecule is O=C(COc1ccccc1CN1CCc2cc(F)c(F)cc21)NCC1CC1. The van der Waals surface area contributed by atoms with Gasteiger partial charge in [-0.15, -0.1) is 0 Å². The number of carbonyl (C=O) groups excluding carboxylic acids is 1. The maximum Gasteiger partial charge on any atom is 0.257 e. The molecular formula is C21H22F2N2O2. The van der Waals surface area contributed by atoms with Gasteiger partial charge in [0, 0.05) is 37.0 Å². The standard InChI is InChI=1S/C21H22F2N2O2/c22-17-9-15-7-8-25(19(15)10-18(17)23)12-16-3-1-2-4-20(16)27-13-21(26)24-11-14-5-6-14/h1-4,9-10,14H,5-8,11-13H2,(H,24,26). The van der Waals surface area contributed by atoms with E-state index in [1.165, 1.54) is 25.0 Å². The summed E-state index contributed by atoms with van der Waals surface area (Å²) in [5.41, 5.74) is 2.43. The zero-order valence-corrected chi connectivity index (χ0v) is 15.0. The Kier molecular flexibility index (Phi) is 4.97. The summed E-state index contributed by atoms with van der Waals surface area (Å²) in [4.78, 5) is 13.9. The average Bonchev–Trinajstić information content (AvgIpc) is 3.43. The number of carbonyl (C=O) groups is 1. The molecule has 2 aromatic rings. The molecule has 1 fully saturated rings. The summed E-state index contributed by atoms with van der Waals surface area (Å²) in [6.45, 7) is 1.89. The van der Waals surface area contributed by atoms with Crippen LogP contribution in [0.5, 0.6) is 5.75 Å². The molecule has 0 atom stereocenters. The second kappa shape index (κ2) is 7.55. The van der Waals surface area contributed by atoms with E-state index in [-0.39, 0.29) is 12.5 Å². The van der Waals surface area contributed by atoms with Crippen LogP contribution in [0.15, 0.2) is 36.4 Å². The smallest absolute Gasteiger partial charge is 0.257 e. The van der Waals surface area contributed by atoms with Crippen LogP contribution >= 0.6 is 0 Å². The number of benzene rings is 2. The van der Waals surface area contributed by atoms with Crippen molar-refractivity contribution in [1.29, 1.82) is 0 Å². The van der Waals surface area contributed by atoms with Crippen LogP contribution in [0.1, 0.15) is 24.0 Å². The molecule has 1 aliphatic heterocycles. The van der Waals surface area contributed by atoms with Crippen LogP contribution in [0, 0.1) is 17.6 Å². The first-order valence-electron chi connectivity index (χ1n) is 9.30. The molecule has 1 amide bonds. The summed E-state index contributed by atoms with van der Waals surface area (Å²) in [5, 5.41) is 2.88. The monoisotopic (exact) mass is 372 g/mol.